The van der Waals surface area contributed by atoms with Gasteiger partial charge in [-0.25, -0.2) is 0 Å². The molecule has 104 valence electrons. The zero-order chi connectivity index (χ0) is 14.7. The van der Waals surface area contributed by atoms with E-state index in [-0.39, 0.29) is 0 Å². The van der Waals surface area contributed by atoms with Crippen LogP contribution in [0.4, 0.5) is 5.69 Å². The molecule has 0 unspecified atom stereocenters. The molecular weight excluding hydrogens is 254 g/mol. The van der Waals surface area contributed by atoms with E-state index in [1.165, 1.54) is 27.7 Å². The van der Waals surface area contributed by atoms with Crippen LogP contribution in [0.5, 0.6) is 0 Å². The van der Waals surface area contributed by atoms with Gasteiger partial charge in [0.1, 0.15) is 0 Å². The van der Waals surface area contributed by atoms with Gasteiger partial charge in [0.15, 0.2) is 0 Å². The van der Waals surface area contributed by atoms with Crippen LogP contribution in [0.2, 0.25) is 0 Å². The molecule has 0 saturated heterocycles. The summed E-state index contributed by atoms with van der Waals surface area (Å²) in [6, 6.07) is 14.9. The van der Waals surface area contributed by atoms with Crippen LogP contribution >= 0.6 is 0 Å². The van der Waals surface area contributed by atoms with Gasteiger partial charge in [-0.3, -0.25) is 0 Å². The van der Waals surface area contributed by atoms with Crippen LogP contribution in [-0.2, 0) is 0 Å². The number of hydrogen-bond acceptors (Lipinski definition) is 1. The topological polar surface area (TPSA) is 3.24 Å². The van der Waals surface area contributed by atoms with Crippen LogP contribution in [-0.4, -0.2) is 7.05 Å². The molecule has 2 aromatic carbocycles. The van der Waals surface area contributed by atoms with Crippen molar-refractivity contribution in [3.05, 3.63) is 90.7 Å². The van der Waals surface area contributed by atoms with Gasteiger partial charge >= 0.3 is 0 Å². The van der Waals surface area contributed by atoms with Crippen LogP contribution in [0.15, 0.2) is 90.7 Å². The quantitative estimate of drug-likeness (QED) is 0.740. The van der Waals surface area contributed by atoms with Crippen molar-refractivity contribution in [1.82, 2.24) is 0 Å². The second kappa shape index (κ2) is 5.84. The molecule has 0 N–H and O–H groups in total. The summed E-state index contributed by atoms with van der Waals surface area (Å²) in [4.78, 5) is 2.24. The minimum absolute atomic E-state index is 0.937. The standard InChI is InChI=1S/C20H19N/c1-3-16-8-6-11-18(15-14-16)21(2)20-13-7-10-17-9-4-5-12-19(17)20/h3-7,9-15H,1,8H2,2H3. The van der Waals surface area contributed by atoms with Gasteiger partial charge in [-0.1, -0.05) is 61.2 Å². The summed E-state index contributed by atoms with van der Waals surface area (Å²) in [7, 11) is 2.12. The van der Waals surface area contributed by atoms with Crippen LogP contribution in [0.3, 0.4) is 0 Å². The highest BCUT2D eigenvalue weighted by Crippen LogP contribution is 2.29. The first-order valence-electron chi connectivity index (χ1n) is 7.21. The molecule has 1 heteroatoms. The van der Waals surface area contributed by atoms with Gasteiger partial charge in [0.2, 0.25) is 0 Å². The maximum absolute atomic E-state index is 3.85. The number of hydrogen-bond donors (Lipinski definition) is 0. The van der Waals surface area contributed by atoms with Crippen molar-refractivity contribution < 1.29 is 0 Å². The fourth-order valence-electron chi connectivity index (χ4n) is 2.65. The van der Waals surface area contributed by atoms with E-state index >= 15 is 0 Å². The lowest BCUT2D eigenvalue weighted by atomic mass is 10.1. The zero-order valence-corrected chi connectivity index (χ0v) is 12.3. The van der Waals surface area contributed by atoms with E-state index in [2.05, 4.69) is 85.3 Å². The highest BCUT2D eigenvalue weighted by molar-refractivity contribution is 5.95. The number of nitrogens with zero attached hydrogens (tertiary/aromatic N) is 1. The van der Waals surface area contributed by atoms with E-state index in [0.29, 0.717) is 0 Å². The molecule has 0 bridgehead atoms. The first-order chi connectivity index (χ1) is 10.3. The summed E-state index contributed by atoms with van der Waals surface area (Å²) in [6.45, 7) is 3.85. The van der Waals surface area contributed by atoms with E-state index in [4.69, 9.17) is 0 Å². The van der Waals surface area contributed by atoms with Crippen molar-refractivity contribution in [3.8, 4) is 0 Å². The van der Waals surface area contributed by atoms with Crippen LogP contribution in [0, 0.1) is 0 Å². The van der Waals surface area contributed by atoms with Gasteiger partial charge in [-0.15, -0.1) is 0 Å². The Morgan fingerprint density at radius 3 is 2.71 bits per heavy atom. The van der Waals surface area contributed by atoms with Gasteiger partial charge < -0.3 is 4.90 Å². The lowest BCUT2D eigenvalue weighted by Crippen LogP contribution is -2.15. The van der Waals surface area contributed by atoms with Crippen molar-refractivity contribution in [3.63, 3.8) is 0 Å². The maximum Gasteiger partial charge on any atom is 0.0487 e. The molecule has 0 amide bonds. The Balaban J connectivity index is 2.05. The monoisotopic (exact) mass is 273 g/mol. The summed E-state index contributed by atoms with van der Waals surface area (Å²) in [6.07, 6.45) is 11.5. The Morgan fingerprint density at radius 2 is 1.86 bits per heavy atom. The Kier molecular flexibility index (Phi) is 3.74. The number of benzene rings is 2. The van der Waals surface area contributed by atoms with Gasteiger partial charge in [0.25, 0.3) is 0 Å². The van der Waals surface area contributed by atoms with Gasteiger partial charge in [0, 0.05) is 23.8 Å². The molecule has 1 aliphatic rings. The SMILES string of the molecule is C=CC1=CC=C(N(C)c2cccc3ccccc23)C=CC1. The highest BCUT2D eigenvalue weighted by Gasteiger charge is 2.09. The molecule has 0 heterocycles. The molecule has 1 aliphatic carbocycles. The second-order valence-electron chi connectivity index (χ2n) is 5.20. The Labute approximate surface area is 126 Å². The third-order valence-corrected chi connectivity index (χ3v) is 3.89. The molecule has 0 saturated carbocycles. The Hall–Kier alpha value is -2.54. The largest absolute Gasteiger partial charge is 0.344 e. The van der Waals surface area contributed by atoms with Gasteiger partial charge in [-0.2, -0.15) is 0 Å². The Morgan fingerprint density at radius 1 is 1.05 bits per heavy atom. The molecule has 0 atom stereocenters. The zero-order valence-electron chi connectivity index (χ0n) is 12.3. The van der Waals surface area contributed by atoms with Crippen LogP contribution in [0.1, 0.15) is 6.42 Å². The molecular formula is C20H19N. The Bertz CT molecular complexity index is 757. The number of allylic oxidation sites excluding steroid dienone is 6. The highest BCUT2D eigenvalue weighted by atomic mass is 15.1. The van der Waals surface area contributed by atoms with Crippen LogP contribution in [0.25, 0.3) is 10.8 Å². The summed E-state index contributed by atoms with van der Waals surface area (Å²) in [5.74, 6) is 0. The minimum atomic E-state index is 0.937. The first kappa shape index (κ1) is 13.4. The molecule has 0 spiro atoms. The van der Waals surface area contributed by atoms with E-state index in [0.717, 1.165) is 6.42 Å². The van der Waals surface area contributed by atoms with Crippen molar-refractivity contribution in [2.45, 2.75) is 6.42 Å². The van der Waals surface area contributed by atoms with Crippen molar-refractivity contribution in [1.29, 1.82) is 0 Å². The molecule has 0 aliphatic heterocycles. The molecule has 2 aromatic rings. The first-order valence-corrected chi connectivity index (χ1v) is 7.21. The molecule has 0 aromatic heterocycles. The lowest BCUT2D eigenvalue weighted by molar-refractivity contribution is 1.15. The number of anilines is 1. The third-order valence-electron chi connectivity index (χ3n) is 3.89. The van der Waals surface area contributed by atoms with E-state index in [1.54, 1.807) is 0 Å². The molecule has 1 nitrogen and oxygen atoms in total. The van der Waals surface area contributed by atoms with Gasteiger partial charge in [-0.05, 0) is 35.6 Å². The predicted molar refractivity (Wildman–Crippen MR) is 92.5 cm³/mol. The smallest absolute Gasteiger partial charge is 0.0487 e. The predicted octanol–water partition coefficient (Wildman–Crippen LogP) is 5.23. The van der Waals surface area contributed by atoms with Crippen LogP contribution < -0.4 is 4.90 Å². The average Bonchev–Trinajstić information content (AvgIpc) is 2.79. The second-order valence-corrected chi connectivity index (χ2v) is 5.20. The fourth-order valence-corrected chi connectivity index (χ4v) is 2.65. The maximum atomic E-state index is 3.85. The fraction of sp³-hybridized carbons (Fsp3) is 0.100. The molecule has 0 radical (unpaired) electrons. The van der Waals surface area contributed by atoms with E-state index in [1.807, 2.05) is 6.08 Å². The van der Waals surface area contributed by atoms with Crippen molar-refractivity contribution in [2.75, 3.05) is 11.9 Å². The van der Waals surface area contributed by atoms with Crippen molar-refractivity contribution >= 4 is 16.5 Å². The van der Waals surface area contributed by atoms with E-state index < -0.39 is 0 Å². The third kappa shape index (κ3) is 2.68. The molecule has 0 fully saturated rings. The summed E-state index contributed by atoms with van der Waals surface area (Å²) < 4.78 is 0. The summed E-state index contributed by atoms with van der Waals surface area (Å²) in [5.41, 5.74) is 3.65. The number of rotatable bonds is 3. The van der Waals surface area contributed by atoms with E-state index in [9.17, 15) is 0 Å². The van der Waals surface area contributed by atoms with Gasteiger partial charge in [0.05, 0.1) is 0 Å². The normalized spacial score (nSPS) is 14.3. The number of fused-ring (bicyclic) bond motifs is 1. The molecule has 3 rings (SSSR count). The minimum Gasteiger partial charge on any atom is -0.344 e. The molecule has 21 heavy (non-hydrogen) atoms. The summed E-state index contributed by atoms with van der Waals surface area (Å²) in [5, 5.41) is 2.54. The average molecular weight is 273 g/mol. The number of likely N-dealkylation sites (N-methyl/N-ethyl adjacent to an activating group) is 1. The van der Waals surface area contributed by atoms with Crippen molar-refractivity contribution in [2.24, 2.45) is 0 Å². The summed E-state index contributed by atoms with van der Waals surface area (Å²) >= 11 is 0. The lowest BCUT2D eigenvalue weighted by Gasteiger charge is -2.22.